The lowest BCUT2D eigenvalue weighted by atomic mass is 10.1. The molecule has 0 spiro atoms. The lowest BCUT2D eigenvalue weighted by Gasteiger charge is -2.08. The molecule has 0 heterocycles. The molecule has 0 atom stereocenters. The molecule has 3 rings (SSSR count). The van der Waals surface area contributed by atoms with E-state index in [9.17, 15) is 0 Å². The van der Waals surface area contributed by atoms with Crippen molar-refractivity contribution in [2.75, 3.05) is 26.8 Å². The second kappa shape index (κ2) is 12.4. The third-order valence-electron chi connectivity index (χ3n) is 4.57. The summed E-state index contributed by atoms with van der Waals surface area (Å²) in [5.74, 6) is 0. The van der Waals surface area contributed by atoms with Crippen molar-refractivity contribution in [2.45, 2.75) is 19.8 Å². The summed E-state index contributed by atoms with van der Waals surface area (Å²) in [7, 11) is 4.95. The molecule has 0 radical (unpaired) electrons. The number of hydrogen-bond acceptors (Lipinski definition) is 7. The topological polar surface area (TPSA) is 89.2 Å². The number of benzene rings is 3. The van der Waals surface area contributed by atoms with E-state index in [-0.39, 0.29) is 0 Å². The summed E-state index contributed by atoms with van der Waals surface area (Å²) in [4.78, 5) is 0. The van der Waals surface area contributed by atoms with Gasteiger partial charge in [-0.1, -0.05) is 41.6 Å². The van der Waals surface area contributed by atoms with E-state index in [2.05, 4.69) is 26.0 Å². The first kappa shape index (κ1) is 23.2. The van der Waals surface area contributed by atoms with Crippen LogP contribution in [-0.4, -0.2) is 21.3 Å². The SMILES string of the molecule is COCc1cc(N=Nc2ccccc2COC)ccc1N=NNc1ccccc1COC. The number of anilines is 1. The molecule has 0 saturated heterocycles. The van der Waals surface area contributed by atoms with Crippen molar-refractivity contribution in [3.63, 3.8) is 0 Å². The van der Waals surface area contributed by atoms with Gasteiger partial charge in [-0.25, -0.2) is 0 Å². The van der Waals surface area contributed by atoms with Gasteiger partial charge in [0.25, 0.3) is 0 Å². The Morgan fingerprint density at radius 1 is 0.625 bits per heavy atom. The number of ether oxygens (including phenoxy) is 3. The third-order valence-corrected chi connectivity index (χ3v) is 4.57. The van der Waals surface area contributed by atoms with Crippen LogP contribution in [0.4, 0.5) is 22.7 Å². The summed E-state index contributed by atoms with van der Waals surface area (Å²) < 4.78 is 15.8. The summed E-state index contributed by atoms with van der Waals surface area (Å²) in [5.41, 5.74) is 8.79. The van der Waals surface area contributed by atoms with Crippen molar-refractivity contribution in [1.82, 2.24) is 0 Å². The minimum atomic E-state index is 0.373. The van der Waals surface area contributed by atoms with Crippen LogP contribution in [0.2, 0.25) is 0 Å². The number of nitrogens with one attached hydrogen (secondary N) is 1. The predicted molar refractivity (Wildman–Crippen MR) is 124 cm³/mol. The average molecular weight is 434 g/mol. The average Bonchev–Trinajstić information content (AvgIpc) is 2.81. The Kier molecular flexibility index (Phi) is 9.00. The Morgan fingerprint density at radius 2 is 1.25 bits per heavy atom. The zero-order chi connectivity index (χ0) is 22.6. The van der Waals surface area contributed by atoms with E-state index in [1.165, 1.54) is 0 Å². The monoisotopic (exact) mass is 433 g/mol. The first-order valence-electron chi connectivity index (χ1n) is 10.1. The van der Waals surface area contributed by atoms with Gasteiger partial charge in [0, 0.05) is 38.0 Å². The van der Waals surface area contributed by atoms with Crippen LogP contribution in [0.5, 0.6) is 0 Å². The molecule has 0 fully saturated rings. The fourth-order valence-electron chi connectivity index (χ4n) is 3.04. The molecule has 0 bridgehead atoms. The van der Waals surface area contributed by atoms with Crippen molar-refractivity contribution in [1.29, 1.82) is 0 Å². The largest absolute Gasteiger partial charge is 0.380 e. The fraction of sp³-hybridized carbons (Fsp3) is 0.250. The van der Waals surface area contributed by atoms with E-state index in [1.54, 1.807) is 21.3 Å². The smallest absolute Gasteiger partial charge is 0.0931 e. The first-order valence-corrected chi connectivity index (χ1v) is 10.1. The highest BCUT2D eigenvalue weighted by Crippen LogP contribution is 2.28. The third kappa shape index (κ3) is 6.52. The zero-order valence-corrected chi connectivity index (χ0v) is 18.5. The van der Waals surface area contributed by atoms with Crippen molar-refractivity contribution >= 4 is 22.7 Å². The summed E-state index contributed by atoms with van der Waals surface area (Å²) in [5, 5.41) is 17.2. The van der Waals surface area contributed by atoms with Crippen LogP contribution in [0, 0.1) is 0 Å². The van der Waals surface area contributed by atoms with E-state index in [1.807, 2.05) is 66.7 Å². The molecule has 0 aliphatic carbocycles. The molecule has 0 saturated carbocycles. The van der Waals surface area contributed by atoms with Gasteiger partial charge in [-0.15, -0.1) is 5.11 Å². The molecule has 0 unspecified atom stereocenters. The maximum Gasteiger partial charge on any atom is 0.0931 e. The Labute approximate surface area is 187 Å². The number of hydrogen-bond donors (Lipinski definition) is 1. The summed E-state index contributed by atoms with van der Waals surface area (Å²) in [6, 6.07) is 21.1. The Bertz CT molecular complexity index is 1070. The van der Waals surface area contributed by atoms with Gasteiger partial charge in [-0.05, 0) is 30.3 Å². The van der Waals surface area contributed by atoms with Crippen LogP contribution in [0.3, 0.4) is 0 Å². The molecular formula is C24H27N5O3. The van der Waals surface area contributed by atoms with Gasteiger partial charge in [0.2, 0.25) is 0 Å². The van der Waals surface area contributed by atoms with E-state index in [0.717, 1.165) is 28.1 Å². The van der Waals surface area contributed by atoms with E-state index < -0.39 is 0 Å². The van der Waals surface area contributed by atoms with Gasteiger partial charge < -0.3 is 14.2 Å². The Balaban J connectivity index is 1.77. The number of rotatable bonds is 11. The molecule has 0 aliphatic heterocycles. The van der Waals surface area contributed by atoms with E-state index >= 15 is 0 Å². The van der Waals surface area contributed by atoms with Crippen molar-refractivity contribution in [3.05, 3.63) is 83.4 Å². The van der Waals surface area contributed by atoms with Crippen LogP contribution in [0.1, 0.15) is 16.7 Å². The summed E-state index contributed by atoms with van der Waals surface area (Å²) >= 11 is 0. The van der Waals surface area contributed by atoms with Crippen molar-refractivity contribution in [3.8, 4) is 0 Å². The Morgan fingerprint density at radius 3 is 2.03 bits per heavy atom. The second-order valence-electron chi connectivity index (χ2n) is 6.91. The van der Waals surface area contributed by atoms with E-state index in [4.69, 9.17) is 14.2 Å². The molecule has 32 heavy (non-hydrogen) atoms. The fourth-order valence-corrected chi connectivity index (χ4v) is 3.04. The van der Waals surface area contributed by atoms with Gasteiger partial charge in [0.15, 0.2) is 0 Å². The molecule has 0 aromatic heterocycles. The molecule has 0 amide bonds. The van der Waals surface area contributed by atoms with Crippen LogP contribution in [0.15, 0.2) is 87.3 Å². The molecule has 8 heteroatoms. The molecule has 8 nitrogen and oxygen atoms in total. The number of nitrogens with zero attached hydrogens (tertiary/aromatic N) is 4. The van der Waals surface area contributed by atoms with Crippen LogP contribution in [0.25, 0.3) is 0 Å². The maximum absolute atomic E-state index is 5.33. The maximum atomic E-state index is 5.33. The summed E-state index contributed by atoms with van der Waals surface area (Å²) in [6.07, 6.45) is 0. The second-order valence-corrected chi connectivity index (χ2v) is 6.91. The minimum absolute atomic E-state index is 0.373. The van der Waals surface area contributed by atoms with Crippen molar-refractivity contribution in [2.24, 2.45) is 20.6 Å². The number of para-hydroxylation sites is 1. The van der Waals surface area contributed by atoms with E-state index in [0.29, 0.717) is 31.2 Å². The molecular weight excluding hydrogens is 406 g/mol. The highest BCUT2D eigenvalue weighted by molar-refractivity contribution is 5.55. The van der Waals surface area contributed by atoms with Crippen LogP contribution < -0.4 is 5.43 Å². The quantitative estimate of drug-likeness (QED) is 0.271. The van der Waals surface area contributed by atoms with Gasteiger partial charge >= 0.3 is 0 Å². The van der Waals surface area contributed by atoms with Gasteiger partial charge in [0.05, 0.1) is 42.6 Å². The standard InChI is InChI=1S/C24H27N5O3/c1-30-15-18-8-4-6-10-22(18)26-25-21-12-13-24(20(14-21)17-32-3)28-29-27-23-11-7-5-9-19(23)16-31-2/h4-14H,15-17H2,1-3H3,(H,27,28). The molecule has 3 aromatic rings. The molecule has 166 valence electrons. The first-order chi connectivity index (χ1) is 15.7. The number of methoxy groups -OCH3 is 3. The van der Waals surface area contributed by atoms with Gasteiger partial charge in [-0.3, -0.25) is 5.43 Å². The normalized spacial score (nSPS) is 11.5. The Hall–Kier alpha value is -3.46. The zero-order valence-electron chi connectivity index (χ0n) is 18.5. The molecule has 1 N–H and O–H groups in total. The lowest BCUT2D eigenvalue weighted by Crippen LogP contribution is -1.95. The van der Waals surface area contributed by atoms with Crippen LogP contribution >= 0.6 is 0 Å². The minimum Gasteiger partial charge on any atom is -0.380 e. The highest BCUT2D eigenvalue weighted by atomic mass is 16.5. The van der Waals surface area contributed by atoms with Crippen LogP contribution in [-0.2, 0) is 34.0 Å². The van der Waals surface area contributed by atoms with Gasteiger partial charge in [0.1, 0.15) is 0 Å². The molecule has 3 aromatic carbocycles. The van der Waals surface area contributed by atoms with Crippen molar-refractivity contribution < 1.29 is 14.2 Å². The molecule has 0 aliphatic rings. The number of azo groups is 1. The predicted octanol–water partition coefficient (Wildman–Crippen LogP) is 6.65. The lowest BCUT2D eigenvalue weighted by molar-refractivity contribution is 0.185. The highest BCUT2D eigenvalue weighted by Gasteiger charge is 2.05. The van der Waals surface area contributed by atoms with Gasteiger partial charge in [-0.2, -0.15) is 10.2 Å². The summed E-state index contributed by atoms with van der Waals surface area (Å²) in [6.45, 7) is 1.34.